The van der Waals surface area contributed by atoms with Crippen molar-refractivity contribution in [3.8, 4) is 11.5 Å². The van der Waals surface area contributed by atoms with E-state index in [1.54, 1.807) is 50.2 Å². The smallest absolute Gasteiger partial charge is 0.257 e. The van der Waals surface area contributed by atoms with Gasteiger partial charge in [-0.1, -0.05) is 41.9 Å². The van der Waals surface area contributed by atoms with Gasteiger partial charge in [0.2, 0.25) is 10.0 Å². The van der Waals surface area contributed by atoms with Gasteiger partial charge in [0.15, 0.2) is 5.75 Å². The summed E-state index contributed by atoms with van der Waals surface area (Å²) in [5, 5.41) is 2.91. The fraction of sp³-hybridized carbons (Fsp3) is 0.174. The molecule has 162 valence electrons. The van der Waals surface area contributed by atoms with Gasteiger partial charge in [-0.25, -0.2) is 8.42 Å². The van der Waals surface area contributed by atoms with Gasteiger partial charge in [-0.2, -0.15) is 4.31 Å². The predicted octanol–water partition coefficient (Wildman–Crippen LogP) is 5.41. The number of carbonyl (C=O) groups is 1. The molecule has 0 aromatic heterocycles. The molecule has 0 aliphatic rings. The van der Waals surface area contributed by atoms with Crippen LogP contribution in [-0.2, 0) is 10.0 Å². The predicted molar refractivity (Wildman–Crippen MR) is 122 cm³/mol. The first-order valence-electron chi connectivity index (χ1n) is 9.61. The summed E-state index contributed by atoms with van der Waals surface area (Å²) in [5.74, 6) is 0.520. The van der Waals surface area contributed by atoms with Gasteiger partial charge in [-0.15, -0.1) is 0 Å². The second kappa shape index (κ2) is 9.51. The highest BCUT2D eigenvalue weighted by Gasteiger charge is 2.25. The molecule has 0 aliphatic heterocycles. The van der Waals surface area contributed by atoms with Crippen molar-refractivity contribution in [1.82, 2.24) is 4.31 Å². The Morgan fingerprint density at radius 3 is 2.32 bits per heavy atom. The summed E-state index contributed by atoms with van der Waals surface area (Å²) in [7, 11) is -2.27. The number of nitrogens with zero attached hydrogens (tertiary/aromatic N) is 1. The van der Waals surface area contributed by atoms with Gasteiger partial charge in [-0.05, 0) is 56.3 Å². The van der Waals surface area contributed by atoms with E-state index >= 15 is 0 Å². The second-order valence-electron chi connectivity index (χ2n) is 7.12. The number of carbonyl (C=O) groups excluding carboxylic acids is 1. The lowest BCUT2D eigenvalue weighted by Crippen LogP contribution is -2.33. The van der Waals surface area contributed by atoms with Crippen molar-refractivity contribution in [3.63, 3.8) is 0 Å². The number of hydrogen-bond acceptors (Lipinski definition) is 4. The third-order valence-electron chi connectivity index (χ3n) is 4.69. The minimum absolute atomic E-state index is 0.00734. The van der Waals surface area contributed by atoms with Gasteiger partial charge in [0, 0.05) is 13.1 Å². The van der Waals surface area contributed by atoms with E-state index in [2.05, 4.69) is 5.32 Å². The lowest BCUT2D eigenvalue weighted by molar-refractivity contribution is 0.102. The lowest BCUT2D eigenvalue weighted by Gasteiger charge is -2.21. The molecule has 3 aromatic rings. The number of benzene rings is 3. The van der Waals surface area contributed by atoms with Crippen molar-refractivity contribution in [2.24, 2.45) is 0 Å². The van der Waals surface area contributed by atoms with Gasteiger partial charge in [0.05, 0.1) is 21.2 Å². The Morgan fingerprint density at radius 2 is 1.65 bits per heavy atom. The number of amides is 1. The molecule has 3 rings (SSSR count). The molecule has 0 unspecified atom stereocenters. The fourth-order valence-electron chi connectivity index (χ4n) is 2.75. The first-order valence-corrected chi connectivity index (χ1v) is 11.4. The zero-order valence-corrected chi connectivity index (χ0v) is 18.9. The molecule has 6 nitrogen and oxygen atoms in total. The fourth-order valence-corrected chi connectivity index (χ4v) is 4.34. The molecule has 1 amide bonds. The third kappa shape index (κ3) is 5.25. The minimum Gasteiger partial charge on any atom is -0.455 e. The van der Waals surface area contributed by atoms with Crippen molar-refractivity contribution in [2.75, 3.05) is 12.4 Å². The third-order valence-corrected chi connectivity index (χ3v) is 7.05. The zero-order chi connectivity index (χ0) is 22.6. The zero-order valence-electron chi connectivity index (χ0n) is 17.4. The molecule has 0 saturated heterocycles. The van der Waals surface area contributed by atoms with Gasteiger partial charge >= 0.3 is 0 Å². The molecule has 0 spiro atoms. The van der Waals surface area contributed by atoms with Crippen LogP contribution in [0.2, 0.25) is 5.02 Å². The summed E-state index contributed by atoms with van der Waals surface area (Å²) < 4.78 is 32.7. The van der Waals surface area contributed by atoms with Crippen molar-refractivity contribution in [2.45, 2.75) is 24.8 Å². The van der Waals surface area contributed by atoms with Crippen molar-refractivity contribution >= 4 is 33.2 Å². The minimum atomic E-state index is -3.76. The topological polar surface area (TPSA) is 75.7 Å². The van der Waals surface area contributed by atoms with E-state index in [4.69, 9.17) is 16.3 Å². The number of halogens is 1. The summed E-state index contributed by atoms with van der Waals surface area (Å²) in [5.41, 5.74) is 0.481. The van der Waals surface area contributed by atoms with Gasteiger partial charge < -0.3 is 10.1 Å². The highest BCUT2D eigenvalue weighted by Crippen LogP contribution is 2.30. The largest absolute Gasteiger partial charge is 0.455 e. The molecule has 0 fully saturated rings. The Balaban J connectivity index is 1.90. The van der Waals surface area contributed by atoms with Crippen LogP contribution < -0.4 is 10.1 Å². The number of para-hydroxylation sites is 3. The highest BCUT2D eigenvalue weighted by atomic mass is 35.5. The highest BCUT2D eigenvalue weighted by molar-refractivity contribution is 7.89. The number of nitrogens with one attached hydrogen (secondary N) is 1. The molecule has 31 heavy (non-hydrogen) atoms. The number of hydrogen-bond donors (Lipinski definition) is 1. The maximum absolute atomic E-state index is 13.0. The van der Waals surface area contributed by atoms with Crippen LogP contribution in [0.1, 0.15) is 24.2 Å². The van der Waals surface area contributed by atoms with E-state index in [1.807, 2.05) is 18.2 Å². The van der Waals surface area contributed by atoms with E-state index in [0.29, 0.717) is 17.2 Å². The second-order valence-corrected chi connectivity index (χ2v) is 9.53. The van der Waals surface area contributed by atoms with Crippen LogP contribution in [0.15, 0.2) is 77.7 Å². The standard InChI is InChI=1S/C23H23ClN2O4S/c1-16(2)26(3)31(28,29)18-13-14-20(24)19(15-18)23(27)25-21-11-7-8-12-22(21)30-17-9-5-4-6-10-17/h4-16H,1-3H3,(H,25,27). The molecule has 1 N–H and O–H groups in total. The molecule has 3 aromatic carbocycles. The monoisotopic (exact) mass is 458 g/mol. The van der Waals surface area contributed by atoms with Crippen molar-refractivity contribution < 1.29 is 17.9 Å². The summed E-state index contributed by atoms with van der Waals surface area (Å²) in [6.45, 7) is 3.54. The molecule has 0 radical (unpaired) electrons. The number of ether oxygens (including phenoxy) is 1. The Morgan fingerprint density at radius 1 is 1.00 bits per heavy atom. The van der Waals surface area contributed by atoms with Gasteiger partial charge in [0.25, 0.3) is 5.91 Å². The Kier molecular flexibility index (Phi) is 7.00. The number of sulfonamides is 1. The average Bonchev–Trinajstić information content (AvgIpc) is 2.75. The normalized spacial score (nSPS) is 11.5. The SMILES string of the molecule is CC(C)N(C)S(=O)(=O)c1ccc(Cl)c(C(=O)Nc2ccccc2Oc2ccccc2)c1. The van der Waals surface area contributed by atoms with Crippen molar-refractivity contribution in [1.29, 1.82) is 0 Å². The maximum Gasteiger partial charge on any atom is 0.257 e. The van der Waals surface area contributed by atoms with Crippen LogP contribution in [0.25, 0.3) is 0 Å². The van der Waals surface area contributed by atoms with E-state index in [1.165, 1.54) is 29.6 Å². The maximum atomic E-state index is 13.0. The number of anilines is 1. The van der Waals surface area contributed by atoms with Gasteiger partial charge in [-0.3, -0.25) is 4.79 Å². The summed E-state index contributed by atoms with van der Waals surface area (Å²) in [4.78, 5) is 13.0. The Labute approximate surface area is 187 Å². The lowest BCUT2D eigenvalue weighted by atomic mass is 10.2. The average molecular weight is 459 g/mol. The summed E-state index contributed by atoms with van der Waals surface area (Å²) in [6, 6.07) is 20.0. The van der Waals surface area contributed by atoms with E-state index in [-0.39, 0.29) is 21.5 Å². The quantitative estimate of drug-likeness (QED) is 0.513. The molecule has 0 saturated carbocycles. The van der Waals surface area contributed by atoms with E-state index in [9.17, 15) is 13.2 Å². The van der Waals surface area contributed by atoms with Crippen LogP contribution >= 0.6 is 11.6 Å². The van der Waals surface area contributed by atoms with Crippen LogP contribution in [0.4, 0.5) is 5.69 Å². The molecule has 0 aliphatic carbocycles. The molecular formula is C23H23ClN2O4S. The summed E-state index contributed by atoms with van der Waals surface area (Å²) >= 11 is 6.22. The molecular weight excluding hydrogens is 436 g/mol. The van der Waals surface area contributed by atoms with Crippen molar-refractivity contribution in [3.05, 3.63) is 83.4 Å². The molecule has 0 heterocycles. The first-order chi connectivity index (χ1) is 14.7. The molecule has 0 bridgehead atoms. The van der Waals surface area contributed by atoms with E-state index < -0.39 is 15.9 Å². The van der Waals surface area contributed by atoms with Crippen LogP contribution in [0.5, 0.6) is 11.5 Å². The molecule has 0 atom stereocenters. The van der Waals surface area contributed by atoms with Crippen LogP contribution in [0, 0.1) is 0 Å². The number of rotatable bonds is 7. The molecule has 8 heteroatoms. The first kappa shape index (κ1) is 22.8. The Bertz CT molecular complexity index is 1180. The summed E-state index contributed by atoms with van der Waals surface area (Å²) in [6.07, 6.45) is 0. The van der Waals surface area contributed by atoms with E-state index in [0.717, 1.165) is 0 Å². The Hall–Kier alpha value is -2.87. The van der Waals surface area contributed by atoms with Gasteiger partial charge in [0.1, 0.15) is 5.75 Å². The van der Waals surface area contributed by atoms with Crippen LogP contribution in [-0.4, -0.2) is 31.7 Å². The van der Waals surface area contributed by atoms with Crippen LogP contribution in [0.3, 0.4) is 0 Å².